The van der Waals surface area contributed by atoms with Crippen LogP contribution in [0.15, 0.2) is 48.5 Å². The average molecular weight is 535 g/mol. The average Bonchev–Trinajstić information content (AvgIpc) is 3.63. The van der Waals surface area contributed by atoms with Gasteiger partial charge in [0.25, 0.3) is 5.91 Å². The molecule has 1 N–H and O–H groups in total. The van der Waals surface area contributed by atoms with Crippen LogP contribution < -0.4 is 10.1 Å². The van der Waals surface area contributed by atoms with Gasteiger partial charge in [-0.15, -0.1) is 0 Å². The number of hydrogen-bond acceptors (Lipinski definition) is 7. The zero-order valence-corrected chi connectivity index (χ0v) is 22.4. The smallest absolute Gasteiger partial charge is 0.336 e. The van der Waals surface area contributed by atoms with Crippen LogP contribution in [0.5, 0.6) is 5.75 Å². The van der Waals surface area contributed by atoms with E-state index >= 15 is 0 Å². The van der Waals surface area contributed by atoms with E-state index in [0.29, 0.717) is 49.9 Å². The number of ether oxygens (including phenoxy) is 4. The molecular weight excluding hydrogens is 496 g/mol. The molecule has 8 nitrogen and oxygen atoms in total. The van der Waals surface area contributed by atoms with Gasteiger partial charge >= 0.3 is 5.97 Å². The molecule has 4 saturated heterocycles. The van der Waals surface area contributed by atoms with Crippen molar-refractivity contribution in [1.29, 1.82) is 0 Å². The van der Waals surface area contributed by atoms with Crippen molar-refractivity contribution in [3.05, 3.63) is 65.2 Å². The van der Waals surface area contributed by atoms with Crippen molar-refractivity contribution in [2.45, 2.75) is 62.9 Å². The number of rotatable bonds is 10. The normalized spacial score (nSPS) is 27.7. The summed E-state index contributed by atoms with van der Waals surface area (Å²) in [5, 5.41) is 3.12. The number of carbonyl (C=O) groups excluding carboxylic acids is 2. The minimum Gasteiger partial charge on any atom is -0.494 e. The maximum atomic E-state index is 13.9. The van der Waals surface area contributed by atoms with Crippen LogP contribution in [0, 0.1) is 5.92 Å². The first-order valence-electron chi connectivity index (χ1n) is 14.4. The Balaban J connectivity index is 1.12. The molecule has 208 valence electrons. The zero-order chi connectivity index (χ0) is 26.7. The largest absolute Gasteiger partial charge is 0.494 e. The monoisotopic (exact) mass is 534 g/mol. The van der Waals surface area contributed by atoms with E-state index in [1.165, 1.54) is 0 Å². The maximum Gasteiger partial charge on any atom is 0.336 e. The minimum atomic E-state index is -1.19. The van der Waals surface area contributed by atoms with Gasteiger partial charge in [-0.3, -0.25) is 9.69 Å². The van der Waals surface area contributed by atoms with Crippen molar-refractivity contribution < 1.29 is 28.5 Å². The SMILES string of the molecule is O=C(NC1(C(=O)O[C@H]2CN3CCC2CC3)CCc2ccccc21)c1cccc(OCCCCC2OCCO2)c1. The first-order chi connectivity index (χ1) is 19.1. The lowest BCUT2D eigenvalue weighted by Crippen LogP contribution is -2.56. The molecule has 4 aliphatic heterocycles. The van der Waals surface area contributed by atoms with Crippen LogP contribution in [0.1, 0.15) is 60.0 Å². The highest BCUT2D eigenvalue weighted by Gasteiger charge is 2.50. The van der Waals surface area contributed by atoms with E-state index in [0.717, 1.165) is 62.9 Å². The number of benzene rings is 2. The lowest BCUT2D eigenvalue weighted by atomic mass is 9.85. The Bertz CT molecular complexity index is 1170. The van der Waals surface area contributed by atoms with Gasteiger partial charge in [0.1, 0.15) is 11.9 Å². The fraction of sp³-hybridized carbons (Fsp3) is 0.548. The van der Waals surface area contributed by atoms with Gasteiger partial charge in [-0.1, -0.05) is 30.3 Å². The molecule has 2 aromatic carbocycles. The predicted molar refractivity (Wildman–Crippen MR) is 144 cm³/mol. The van der Waals surface area contributed by atoms with E-state index in [1.807, 2.05) is 36.4 Å². The highest BCUT2D eigenvalue weighted by Crippen LogP contribution is 2.40. The minimum absolute atomic E-state index is 0.0949. The molecule has 1 amide bonds. The second-order valence-corrected chi connectivity index (χ2v) is 11.1. The van der Waals surface area contributed by atoms with E-state index in [1.54, 1.807) is 12.1 Å². The van der Waals surface area contributed by atoms with Gasteiger partial charge in [-0.2, -0.15) is 0 Å². The molecule has 39 heavy (non-hydrogen) atoms. The molecule has 0 radical (unpaired) electrons. The third-order valence-corrected chi connectivity index (χ3v) is 8.67. The molecule has 8 heteroatoms. The summed E-state index contributed by atoms with van der Waals surface area (Å²) in [5.41, 5.74) is 1.18. The molecular formula is C31H38N2O6. The highest BCUT2D eigenvalue weighted by molar-refractivity contribution is 5.99. The van der Waals surface area contributed by atoms with Crippen LogP contribution in [0.2, 0.25) is 0 Å². The third kappa shape index (κ3) is 5.69. The van der Waals surface area contributed by atoms with E-state index in [4.69, 9.17) is 18.9 Å². The number of nitrogens with zero attached hydrogens (tertiary/aromatic N) is 1. The van der Waals surface area contributed by atoms with Crippen LogP contribution in [0.25, 0.3) is 0 Å². The number of aryl methyl sites for hydroxylation is 1. The molecule has 4 fully saturated rings. The van der Waals surface area contributed by atoms with Crippen molar-refractivity contribution in [1.82, 2.24) is 10.2 Å². The fourth-order valence-corrected chi connectivity index (χ4v) is 6.46. The zero-order valence-electron chi connectivity index (χ0n) is 22.4. The maximum absolute atomic E-state index is 13.9. The number of unbranched alkanes of at least 4 members (excludes halogenated alkanes) is 1. The molecule has 4 heterocycles. The number of esters is 1. The topological polar surface area (TPSA) is 86.3 Å². The molecule has 2 atom stereocenters. The molecule has 5 aliphatic rings. The molecule has 1 unspecified atom stereocenters. The molecule has 2 aromatic rings. The lowest BCUT2D eigenvalue weighted by Gasteiger charge is -2.45. The van der Waals surface area contributed by atoms with Crippen LogP contribution in [-0.4, -0.2) is 68.6 Å². The van der Waals surface area contributed by atoms with Crippen LogP contribution in [0.3, 0.4) is 0 Å². The van der Waals surface area contributed by atoms with Gasteiger partial charge in [0.05, 0.1) is 19.8 Å². The van der Waals surface area contributed by atoms with Crippen LogP contribution >= 0.6 is 0 Å². The quantitative estimate of drug-likeness (QED) is 0.366. The van der Waals surface area contributed by atoms with Gasteiger partial charge in [-0.05, 0) is 93.3 Å². The number of carbonyl (C=O) groups is 2. The summed E-state index contributed by atoms with van der Waals surface area (Å²) < 4.78 is 23.1. The van der Waals surface area contributed by atoms with E-state index in [-0.39, 0.29) is 24.3 Å². The lowest BCUT2D eigenvalue weighted by molar-refractivity contribution is -0.167. The Morgan fingerprint density at radius 1 is 1.03 bits per heavy atom. The van der Waals surface area contributed by atoms with E-state index < -0.39 is 5.54 Å². The molecule has 0 aromatic heterocycles. The van der Waals surface area contributed by atoms with Gasteiger partial charge in [0, 0.05) is 12.1 Å². The summed E-state index contributed by atoms with van der Waals surface area (Å²) in [6.07, 6.45) is 5.76. The first-order valence-corrected chi connectivity index (χ1v) is 14.4. The van der Waals surface area contributed by atoms with Gasteiger partial charge in [0.2, 0.25) is 0 Å². The molecule has 7 rings (SSSR count). The Labute approximate surface area is 229 Å². The molecule has 0 spiro atoms. The second kappa shape index (κ2) is 11.7. The van der Waals surface area contributed by atoms with Crippen LogP contribution in [0.4, 0.5) is 0 Å². The summed E-state index contributed by atoms with van der Waals surface area (Å²) in [4.78, 5) is 29.9. The van der Waals surface area contributed by atoms with Gasteiger partial charge in [-0.25, -0.2) is 4.79 Å². The standard InChI is InChI=1S/C31H38N2O6/c34-29(24-7-5-8-25(20-24)36-17-4-3-10-28-37-18-19-38-28)32-31(14-11-22-6-1-2-9-26(22)31)30(35)39-27-21-33-15-12-23(27)13-16-33/h1-2,5-9,20,23,27-28H,3-4,10-19,21H2,(H,32,34)/t27-,31?/m0/s1. The highest BCUT2D eigenvalue weighted by atomic mass is 16.7. The first kappa shape index (κ1) is 26.3. The number of hydrogen-bond donors (Lipinski definition) is 1. The summed E-state index contributed by atoms with van der Waals surface area (Å²) in [5.74, 6) is 0.378. The summed E-state index contributed by atoms with van der Waals surface area (Å²) in [7, 11) is 0. The number of nitrogens with one attached hydrogen (secondary N) is 1. The molecule has 2 bridgehead atoms. The van der Waals surface area contributed by atoms with Crippen molar-refractivity contribution >= 4 is 11.9 Å². The third-order valence-electron chi connectivity index (χ3n) is 8.67. The van der Waals surface area contributed by atoms with Gasteiger partial charge < -0.3 is 24.3 Å². The Morgan fingerprint density at radius 3 is 2.64 bits per heavy atom. The Hall–Kier alpha value is -2.94. The van der Waals surface area contributed by atoms with Crippen LogP contribution in [-0.2, 0) is 31.0 Å². The fourth-order valence-electron chi connectivity index (χ4n) is 6.46. The van der Waals surface area contributed by atoms with Crippen molar-refractivity contribution in [2.24, 2.45) is 5.92 Å². The van der Waals surface area contributed by atoms with E-state index in [2.05, 4.69) is 10.2 Å². The Kier molecular flexibility index (Phi) is 7.86. The van der Waals surface area contributed by atoms with Crippen molar-refractivity contribution in [3.63, 3.8) is 0 Å². The summed E-state index contributed by atoms with van der Waals surface area (Å²) in [6.45, 7) is 4.81. The van der Waals surface area contributed by atoms with Crippen molar-refractivity contribution in [2.75, 3.05) is 39.5 Å². The second-order valence-electron chi connectivity index (χ2n) is 11.1. The van der Waals surface area contributed by atoms with Crippen molar-refractivity contribution in [3.8, 4) is 5.75 Å². The number of amides is 1. The number of fused-ring (bicyclic) bond motifs is 4. The van der Waals surface area contributed by atoms with Gasteiger partial charge in [0.15, 0.2) is 11.8 Å². The predicted octanol–water partition coefficient (Wildman–Crippen LogP) is 3.82. The number of piperidine rings is 3. The molecule has 1 aliphatic carbocycles. The van der Waals surface area contributed by atoms with E-state index in [9.17, 15) is 9.59 Å². The summed E-state index contributed by atoms with van der Waals surface area (Å²) in [6, 6.07) is 15.0. The Morgan fingerprint density at radius 2 is 1.85 bits per heavy atom. The molecule has 0 saturated carbocycles. The summed E-state index contributed by atoms with van der Waals surface area (Å²) >= 11 is 0.